The summed E-state index contributed by atoms with van der Waals surface area (Å²) in [5.41, 5.74) is 3.39. The molecule has 38 heavy (non-hydrogen) atoms. The van der Waals surface area contributed by atoms with Crippen molar-refractivity contribution in [3.8, 4) is 0 Å². The number of fused-ring (bicyclic) bond motifs is 1. The van der Waals surface area contributed by atoms with Gasteiger partial charge in [-0.05, 0) is 92.1 Å². The number of hydrogen-bond acceptors (Lipinski definition) is 5. The molecule has 0 unspecified atom stereocenters. The summed E-state index contributed by atoms with van der Waals surface area (Å²) < 4.78 is 0. The fourth-order valence-electron chi connectivity index (χ4n) is 7.88. The van der Waals surface area contributed by atoms with Gasteiger partial charge in [-0.2, -0.15) is 0 Å². The lowest BCUT2D eigenvalue weighted by atomic mass is 9.61. The van der Waals surface area contributed by atoms with Crippen LogP contribution in [0.25, 0.3) is 0 Å². The molecule has 0 saturated heterocycles. The molecule has 1 aromatic heterocycles. The van der Waals surface area contributed by atoms with Gasteiger partial charge in [-0.25, -0.2) is 4.98 Å². The summed E-state index contributed by atoms with van der Waals surface area (Å²) in [4.78, 5) is 6.05. The topological polar surface area (TPSA) is 73.6 Å². The van der Waals surface area contributed by atoms with E-state index in [4.69, 9.17) is 4.98 Å². The second-order valence-corrected chi connectivity index (χ2v) is 14.0. The largest absolute Gasteiger partial charge is 0.393 e. The van der Waals surface area contributed by atoms with Crippen LogP contribution in [0.5, 0.6) is 0 Å². The zero-order valence-electron chi connectivity index (χ0n) is 23.5. The molecule has 0 aromatic carbocycles. The van der Waals surface area contributed by atoms with E-state index in [9.17, 15) is 15.3 Å². The molecule has 0 aliphatic heterocycles. The van der Waals surface area contributed by atoms with Crippen molar-refractivity contribution in [2.75, 3.05) is 0 Å². The number of nitrogens with zero attached hydrogens (tertiary/aromatic N) is 1. The van der Waals surface area contributed by atoms with Gasteiger partial charge in [0.05, 0.1) is 23.7 Å². The average molecular weight is 538 g/mol. The summed E-state index contributed by atoms with van der Waals surface area (Å²) in [6, 6.07) is 0. The first-order valence-electron chi connectivity index (χ1n) is 14.9. The van der Waals surface area contributed by atoms with E-state index in [0.717, 1.165) is 48.3 Å². The predicted octanol–water partition coefficient (Wildman–Crippen LogP) is 6.82. The monoisotopic (exact) mass is 537 g/mol. The number of aliphatic hydroxyl groups is 3. The molecular weight excluding hydrogens is 490 g/mol. The van der Waals surface area contributed by atoms with E-state index in [1.54, 1.807) is 11.3 Å². The van der Waals surface area contributed by atoms with Crippen molar-refractivity contribution in [1.29, 1.82) is 0 Å². The van der Waals surface area contributed by atoms with Crippen LogP contribution in [0.1, 0.15) is 94.9 Å². The minimum absolute atomic E-state index is 0.159. The first-order chi connectivity index (χ1) is 18.2. The molecule has 208 valence electrons. The molecule has 4 saturated carbocycles. The van der Waals surface area contributed by atoms with Crippen LogP contribution in [0.4, 0.5) is 0 Å². The minimum atomic E-state index is -0.636. The van der Waals surface area contributed by atoms with Crippen molar-refractivity contribution in [2.24, 2.45) is 23.2 Å². The lowest BCUT2D eigenvalue weighted by Gasteiger charge is -2.44. The normalized spacial score (nSPS) is 36.6. The summed E-state index contributed by atoms with van der Waals surface area (Å²) in [7, 11) is 0. The van der Waals surface area contributed by atoms with Gasteiger partial charge in [0, 0.05) is 17.5 Å². The molecule has 4 nitrogen and oxygen atoms in total. The molecule has 1 heterocycles. The SMILES string of the molecule is C=C1/C(=C\C=C2/CCC[C@]3(C)[C@@H]([C@H](C)/C=C/[C@@H](O)C4(c5ncc(CCC)s5)CC4)CC[C@@H]23)C[C@@H](O)C[C@@H]1O. The lowest BCUT2D eigenvalue weighted by molar-refractivity contribution is 0.0862. The molecule has 5 rings (SSSR count). The Kier molecular flexibility index (Phi) is 8.22. The van der Waals surface area contributed by atoms with Crippen molar-refractivity contribution in [1.82, 2.24) is 4.98 Å². The van der Waals surface area contributed by atoms with E-state index in [1.807, 2.05) is 6.20 Å². The van der Waals surface area contributed by atoms with Gasteiger partial charge in [-0.15, -0.1) is 11.3 Å². The Morgan fingerprint density at radius 3 is 2.71 bits per heavy atom. The highest BCUT2D eigenvalue weighted by atomic mass is 32.1. The Balaban J connectivity index is 1.27. The Hall–Kier alpha value is -1.53. The number of aryl methyl sites for hydroxylation is 1. The number of hydrogen-bond donors (Lipinski definition) is 3. The third kappa shape index (κ3) is 5.29. The van der Waals surface area contributed by atoms with Gasteiger partial charge in [-0.3, -0.25) is 0 Å². The average Bonchev–Trinajstić information content (AvgIpc) is 3.42. The summed E-state index contributed by atoms with van der Waals surface area (Å²) in [6.07, 6.45) is 20.5. The zero-order chi connectivity index (χ0) is 27.1. The summed E-state index contributed by atoms with van der Waals surface area (Å²) in [5.74, 6) is 1.60. The van der Waals surface area contributed by atoms with Gasteiger partial charge in [0.15, 0.2) is 0 Å². The van der Waals surface area contributed by atoms with Gasteiger partial charge < -0.3 is 15.3 Å². The highest BCUT2D eigenvalue weighted by Gasteiger charge is 2.53. The standard InChI is InChI=1S/C33H47NO3S/c1-5-7-26-20-34-31(38-26)33(16-17-33)30(37)14-9-21(2)27-12-13-28-23(8-6-15-32(27,28)4)10-11-24-18-25(35)19-29(36)22(24)3/h9-11,14,20-21,25,27-30,35-37H,3,5-8,12-13,15-19H2,1-2,4H3/b14-9+,23-10+,24-11-/t21-,25-,27-,28+,29+,30-,32-/m1/s1. The first kappa shape index (κ1) is 28.0. The van der Waals surface area contributed by atoms with Crippen LogP contribution >= 0.6 is 11.3 Å². The van der Waals surface area contributed by atoms with E-state index in [2.05, 4.69) is 51.7 Å². The summed E-state index contributed by atoms with van der Waals surface area (Å²) in [6.45, 7) is 11.1. The van der Waals surface area contributed by atoms with Gasteiger partial charge in [0.1, 0.15) is 5.01 Å². The maximum atomic E-state index is 11.2. The minimum Gasteiger partial charge on any atom is -0.393 e. The molecule has 0 amide bonds. The molecular formula is C33H47NO3S. The fourth-order valence-corrected chi connectivity index (χ4v) is 9.17. The van der Waals surface area contributed by atoms with Crippen LogP contribution in [0.2, 0.25) is 0 Å². The Bertz CT molecular complexity index is 1110. The number of thiazole rings is 1. The van der Waals surface area contributed by atoms with Crippen LogP contribution in [0.15, 0.2) is 53.8 Å². The molecule has 5 heteroatoms. The second-order valence-electron chi connectivity index (χ2n) is 12.9. The van der Waals surface area contributed by atoms with Crippen molar-refractivity contribution in [3.63, 3.8) is 0 Å². The van der Waals surface area contributed by atoms with Crippen LogP contribution in [-0.2, 0) is 11.8 Å². The molecule has 1 aromatic rings. The quantitative estimate of drug-likeness (QED) is 0.318. The van der Waals surface area contributed by atoms with E-state index in [1.165, 1.54) is 36.1 Å². The summed E-state index contributed by atoms with van der Waals surface area (Å²) in [5, 5.41) is 32.7. The molecule has 4 aliphatic carbocycles. The molecule has 0 spiro atoms. The van der Waals surface area contributed by atoms with Crippen molar-refractivity contribution < 1.29 is 15.3 Å². The zero-order valence-corrected chi connectivity index (χ0v) is 24.3. The maximum absolute atomic E-state index is 11.2. The predicted molar refractivity (Wildman–Crippen MR) is 156 cm³/mol. The molecule has 7 atom stereocenters. The lowest BCUT2D eigenvalue weighted by Crippen LogP contribution is -2.35. The molecule has 0 radical (unpaired) electrons. The third-order valence-electron chi connectivity index (χ3n) is 10.4. The van der Waals surface area contributed by atoms with Crippen LogP contribution in [0.3, 0.4) is 0 Å². The van der Waals surface area contributed by atoms with Gasteiger partial charge in [0.2, 0.25) is 0 Å². The van der Waals surface area contributed by atoms with E-state index >= 15 is 0 Å². The highest BCUT2D eigenvalue weighted by Crippen LogP contribution is 2.60. The Morgan fingerprint density at radius 1 is 1.18 bits per heavy atom. The second kappa shape index (κ2) is 11.2. The highest BCUT2D eigenvalue weighted by molar-refractivity contribution is 7.11. The molecule has 4 fully saturated rings. The molecule has 3 N–H and O–H groups in total. The molecule has 0 bridgehead atoms. The smallest absolute Gasteiger partial charge is 0.102 e. The number of allylic oxidation sites excluding steroid dienone is 4. The molecule has 4 aliphatic rings. The maximum Gasteiger partial charge on any atom is 0.102 e. The van der Waals surface area contributed by atoms with E-state index < -0.39 is 18.3 Å². The Labute approximate surface area is 233 Å². The number of aromatic nitrogens is 1. The van der Waals surface area contributed by atoms with E-state index in [-0.39, 0.29) is 10.8 Å². The summed E-state index contributed by atoms with van der Waals surface area (Å²) >= 11 is 1.80. The van der Waals surface area contributed by atoms with Gasteiger partial charge in [-0.1, -0.05) is 63.6 Å². The van der Waals surface area contributed by atoms with Crippen LogP contribution < -0.4 is 0 Å². The van der Waals surface area contributed by atoms with Crippen LogP contribution in [0, 0.1) is 23.2 Å². The van der Waals surface area contributed by atoms with Crippen molar-refractivity contribution >= 4 is 11.3 Å². The Morgan fingerprint density at radius 2 is 1.97 bits per heavy atom. The van der Waals surface area contributed by atoms with Crippen LogP contribution in [-0.4, -0.2) is 38.6 Å². The van der Waals surface area contributed by atoms with Crippen molar-refractivity contribution in [2.45, 2.75) is 115 Å². The van der Waals surface area contributed by atoms with Gasteiger partial charge in [0.25, 0.3) is 0 Å². The third-order valence-corrected chi connectivity index (χ3v) is 11.6. The fraction of sp³-hybridized carbons (Fsp3) is 0.667. The van der Waals surface area contributed by atoms with Crippen molar-refractivity contribution in [3.05, 3.63) is 63.7 Å². The number of aliphatic hydroxyl groups excluding tert-OH is 3. The number of rotatable bonds is 8. The van der Waals surface area contributed by atoms with Gasteiger partial charge >= 0.3 is 0 Å². The first-order valence-corrected chi connectivity index (χ1v) is 15.8. The van der Waals surface area contributed by atoms with E-state index in [0.29, 0.717) is 30.6 Å².